The summed E-state index contributed by atoms with van der Waals surface area (Å²) in [6.45, 7) is 1.84. The number of hydrogen-bond acceptors (Lipinski definition) is 3. The fourth-order valence-electron chi connectivity index (χ4n) is 2.37. The number of benzene rings is 2. The van der Waals surface area contributed by atoms with Crippen molar-refractivity contribution in [3.8, 4) is 11.5 Å². The molecule has 0 fully saturated rings. The van der Waals surface area contributed by atoms with Gasteiger partial charge in [0, 0.05) is 21.2 Å². The summed E-state index contributed by atoms with van der Waals surface area (Å²) in [6.07, 6.45) is 1.57. The topological polar surface area (TPSA) is 35.5 Å². The molecule has 0 unspecified atom stereocenters. The predicted molar refractivity (Wildman–Crippen MR) is 87.1 cm³/mol. The first-order valence-electron chi connectivity index (χ1n) is 6.58. The molecule has 0 atom stereocenters. The van der Waals surface area contributed by atoms with E-state index >= 15 is 0 Å². The lowest BCUT2D eigenvalue weighted by Gasteiger charge is -2.07. The van der Waals surface area contributed by atoms with Gasteiger partial charge in [-0.1, -0.05) is 29.3 Å². The molecule has 0 spiro atoms. The van der Waals surface area contributed by atoms with Crippen LogP contribution in [0.4, 0.5) is 0 Å². The van der Waals surface area contributed by atoms with Gasteiger partial charge in [-0.25, -0.2) is 0 Å². The molecule has 3 nitrogen and oxygen atoms in total. The normalized spacial score (nSPS) is 14.9. The molecule has 5 heteroatoms. The average Bonchev–Trinajstić information content (AvgIpc) is 2.81. The zero-order valence-electron chi connectivity index (χ0n) is 11.9. The average molecular weight is 335 g/mol. The second kappa shape index (κ2) is 5.67. The number of ether oxygens (including phenoxy) is 2. The molecule has 0 bridgehead atoms. The van der Waals surface area contributed by atoms with Crippen LogP contribution in [0.3, 0.4) is 0 Å². The molecule has 0 amide bonds. The fraction of sp³-hybridized carbons (Fsp3) is 0.118. The first-order valence-corrected chi connectivity index (χ1v) is 7.34. The Labute approximate surface area is 138 Å². The monoisotopic (exact) mass is 334 g/mol. The molecule has 1 aliphatic heterocycles. The molecule has 1 aliphatic rings. The van der Waals surface area contributed by atoms with Gasteiger partial charge in [0.1, 0.15) is 11.5 Å². The smallest absolute Gasteiger partial charge is 0.231 e. The number of Topliss-reactive ketones (excluding diaryl/α,β-unsaturated/α-hetero) is 1. The van der Waals surface area contributed by atoms with Crippen molar-refractivity contribution in [1.82, 2.24) is 0 Å². The van der Waals surface area contributed by atoms with Gasteiger partial charge in [-0.05, 0) is 37.3 Å². The van der Waals surface area contributed by atoms with Gasteiger partial charge >= 0.3 is 0 Å². The minimum absolute atomic E-state index is 0.196. The van der Waals surface area contributed by atoms with E-state index in [1.165, 1.54) is 0 Å². The molecule has 3 rings (SSSR count). The Bertz CT molecular complexity index is 790. The minimum atomic E-state index is -0.197. The van der Waals surface area contributed by atoms with Crippen molar-refractivity contribution in [2.75, 3.05) is 7.11 Å². The van der Waals surface area contributed by atoms with Crippen LogP contribution in [0.25, 0.3) is 6.08 Å². The molecule has 0 saturated carbocycles. The highest BCUT2D eigenvalue weighted by atomic mass is 35.5. The Balaban J connectivity index is 2.08. The van der Waals surface area contributed by atoms with E-state index in [0.717, 1.165) is 5.56 Å². The molecule has 0 aliphatic carbocycles. The minimum Gasteiger partial charge on any atom is -0.496 e. The lowest BCUT2D eigenvalue weighted by atomic mass is 10.1. The van der Waals surface area contributed by atoms with Crippen LogP contribution in [0.2, 0.25) is 10.0 Å². The van der Waals surface area contributed by atoms with Crippen LogP contribution >= 0.6 is 23.2 Å². The highest BCUT2D eigenvalue weighted by molar-refractivity contribution is 6.37. The van der Waals surface area contributed by atoms with Crippen molar-refractivity contribution >= 4 is 35.1 Å². The van der Waals surface area contributed by atoms with Gasteiger partial charge in [-0.15, -0.1) is 0 Å². The molecule has 0 aromatic heterocycles. The third-order valence-corrected chi connectivity index (χ3v) is 4.19. The van der Waals surface area contributed by atoms with E-state index in [4.69, 9.17) is 32.7 Å². The fourth-order valence-corrected chi connectivity index (χ4v) is 2.88. The molecule has 1 heterocycles. The summed E-state index contributed by atoms with van der Waals surface area (Å²) in [4.78, 5) is 12.5. The Morgan fingerprint density at radius 1 is 1.14 bits per heavy atom. The second-order valence-corrected chi connectivity index (χ2v) is 5.66. The number of halogens is 2. The molecular formula is C17H12Cl2O3. The van der Waals surface area contributed by atoms with Gasteiger partial charge in [-0.2, -0.15) is 0 Å². The number of rotatable bonds is 2. The zero-order chi connectivity index (χ0) is 15.9. The van der Waals surface area contributed by atoms with Crippen molar-refractivity contribution in [3.63, 3.8) is 0 Å². The highest BCUT2D eigenvalue weighted by Crippen LogP contribution is 2.40. The van der Waals surface area contributed by atoms with E-state index in [2.05, 4.69) is 0 Å². The molecule has 0 N–H and O–H groups in total. The van der Waals surface area contributed by atoms with Crippen LogP contribution in [0.15, 0.2) is 36.1 Å². The van der Waals surface area contributed by atoms with Crippen LogP contribution in [0, 0.1) is 6.92 Å². The van der Waals surface area contributed by atoms with E-state index in [9.17, 15) is 4.79 Å². The van der Waals surface area contributed by atoms with Crippen LogP contribution < -0.4 is 9.47 Å². The maximum absolute atomic E-state index is 12.5. The van der Waals surface area contributed by atoms with Crippen LogP contribution in [0.5, 0.6) is 11.5 Å². The van der Waals surface area contributed by atoms with E-state index in [0.29, 0.717) is 32.7 Å². The standard InChI is InChI=1S/C17H12Cl2O3/c1-9-14(21-2)7-6-10-16(20)15(22-17(9)10)8-11-12(18)4-3-5-13(11)19/h3-8H,1-2H3/b15-8-. The Morgan fingerprint density at radius 3 is 2.45 bits per heavy atom. The lowest BCUT2D eigenvalue weighted by Crippen LogP contribution is -1.98. The van der Waals surface area contributed by atoms with Crippen molar-refractivity contribution in [2.45, 2.75) is 6.92 Å². The van der Waals surface area contributed by atoms with Gasteiger partial charge in [0.05, 0.1) is 12.7 Å². The number of ketones is 1. The number of hydrogen-bond donors (Lipinski definition) is 0. The first-order chi connectivity index (χ1) is 10.5. The summed E-state index contributed by atoms with van der Waals surface area (Å²) in [6, 6.07) is 8.61. The highest BCUT2D eigenvalue weighted by Gasteiger charge is 2.30. The number of fused-ring (bicyclic) bond motifs is 1. The first kappa shape index (κ1) is 14.9. The maximum atomic E-state index is 12.5. The van der Waals surface area contributed by atoms with Crippen molar-refractivity contribution in [2.24, 2.45) is 0 Å². The number of methoxy groups -OCH3 is 1. The molecule has 22 heavy (non-hydrogen) atoms. The van der Waals surface area contributed by atoms with Gasteiger partial charge in [0.15, 0.2) is 5.76 Å². The Hall–Kier alpha value is -1.97. The quantitative estimate of drug-likeness (QED) is 0.730. The van der Waals surface area contributed by atoms with E-state index in [1.807, 2.05) is 6.92 Å². The van der Waals surface area contributed by atoms with Gasteiger partial charge in [0.25, 0.3) is 0 Å². The summed E-state index contributed by atoms with van der Waals surface area (Å²) >= 11 is 12.3. The van der Waals surface area contributed by atoms with Crippen LogP contribution in [-0.4, -0.2) is 12.9 Å². The van der Waals surface area contributed by atoms with E-state index < -0.39 is 0 Å². The lowest BCUT2D eigenvalue weighted by molar-refractivity contribution is 0.101. The molecule has 112 valence electrons. The van der Waals surface area contributed by atoms with Gasteiger partial charge in [-0.3, -0.25) is 4.79 Å². The van der Waals surface area contributed by atoms with Crippen molar-refractivity contribution < 1.29 is 14.3 Å². The van der Waals surface area contributed by atoms with Crippen LogP contribution in [0.1, 0.15) is 21.5 Å². The third kappa shape index (κ3) is 2.36. The summed E-state index contributed by atoms with van der Waals surface area (Å²) in [5.74, 6) is 1.18. The molecule has 2 aromatic carbocycles. The van der Waals surface area contributed by atoms with Crippen molar-refractivity contribution in [3.05, 3.63) is 62.8 Å². The number of carbonyl (C=O) groups excluding carboxylic acids is 1. The zero-order valence-corrected chi connectivity index (χ0v) is 13.5. The second-order valence-electron chi connectivity index (χ2n) is 4.84. The maximum Gasteiger partial charge on any atom is 0.231 e. The summed E-state index contributed by atoms with van der Waals surface area (Å²) in [5, 5.41) is 0.920. The molecule has 2 aromatic rings. The van der Waals surface area contributed by atoms with Crippen molar-refractivity contribution in [1.29, 1.82) is 0 Å². The van der Waals surface area contributed by atoms with Gasteiger partial charge in [0.2, 0.25) is 5.78 Å². The number of allylic oxidation sites excluding steroid dienone is 1. The summed E-state index contributed by atoms with van der Waals surface area (Å²) < 4.78 is 11.0. The molecule has 0 saturated heterocycles. The predicted octanol–water partition coefficient (Wildman–Crippen LogP) is 4.93. The SMILES string of the molecule is COc1ccc2c(c1C)O/C(=C\c1c(Cl)cccc1Cl)C2=O. The van der Waals surface area contributed by atoms with Gasteiger partial charge < -0.3 is 9.47 Å². The summed E-state index contributed by atoms with van der Waals surface area (Å²) in [7, 11) is 1.58. The van der Waals surface area contributed by atoms with Crippen LogP contribution in [-0.2, 0) is 0 Å². The van der Waals surface area contributed by atoms with E-state index in [-0.39, 0.29) is 11.5 Å². The van der Waals surface area contributed by atoms with E-state index in [1.54, 1.807) is 43.5 Å². The molecule has 0 radical (unpaired) electrons. The Morgan fingerprint density at radius 2 is 1.82 bits per heavy atom. The summed E-state index contributed by atoms with van der Waals surface area (Å²) in [5.41, 5.74) is 1.85. The third-order valence-electron chi connectivity index (χ3n) is 3.53. The largest absolute Gasteiger partial charge is 0.496 e. The molecular weight excluding hydrogens is 323 g/mol. The number of carbonyl (C=O) groups is 1. The Kier molecular flexibility index (Phi) is 3.85.